The second-order valence-electron chi connectivity index (χ2n) is 7.38. The van der Waals surface area contributed by atoms with E-state index in [1.807, 2.05) is 13.8 Å². The molecule has 0 unspecified atom stereocenters. The van der Waals surface area contributed by atoms with Crippen molar-refractivity contribution >= 4 is 20.0 Å². The number of hydrogen-bond donors (Lipinski definition) is 0. The minimum atomic E-state index is -3.88. The molecule has 2 heterocycles. The van der Waals surface area contributed by atoms with Crippen LogP contribution in [0.15, 0.2) is 58.3 Å². The third-order valence-corrected chi connectivity index (χ3v) is 9.02. The SMILES string of the molecule is Cc1ccc(S(=O)(=O)N2CCN(S(=O)(=O)c3ccc(C)cc3)[C@@H]3OCCO[C@H]32)cc1. The maximum absolute atomic E-state index is 13.2. The van der Waals surface area contributed by atoms with Crippen LogP contribution in [0.1, 0.15) is 11.1 Å². The highest BCUT2D eigenvalue weighted by Crippen LogP contribution is 2.32. The molecule has 0 saturated carbocycles. The van der Waals surface area contributed by atoms with Gasteiger partial charge in [-0.25, -0.2) is 16.8 Å². The Labute approximate surface area is 177 Å². The quantitative estimate of drug-likeness (QED) is 0.701. The zero-order chi connectivity index (χ0) is 21.5. The Bertz CT molecular complexity index is 1020. The molecule has 162 valence electrons. The largest absolute Gasteiger partial charge is 0.355 e. The lowest BCUT2D eigenvalue weighted by atomic mass is 10.2. The smallest absolute Gasteiger partial charge is 0.245 e. The Morgan fingerprint density at radius 2 is 1.00 bits per heavy atom. The van der Waals surface area contributed by atoms with E-state index >= 15 is 0 Å². The van der Waals surface area contributed by atoms with E-state index in [9.17, 15) is 16.8 Å². The monoisotopic (exact) mass is 452 g/mol. The van der Waals surface area contributed by atoms with Crippen molar-refractivity contribution < 1.29 is 26.3 Å². The van der Waals surface area contributed by atoms with Gasteiger partial charge in [0.25, 0.3) is 0 Å². The summed E-state index contributed by atoms with van der Waals surface area (Å²) in [6.07, 6.45) is -2.11. The molecule has 0 radical (unpaired) electrons. The van der Waals surface area contributed by atoms with E-state index in [0.717, 1.165) is 11.1 Å². The number of hydrogen-bond acceptors (Lipinski definition) is 6. The molecule has 0 spiro atoms. The zero-order valence-electron chi connectivity index (χ0n) is 16.8. The summed E-state index contributed by atoms with van der Waals surface area (Å²) < 4.78 is 66.8. The van der Waals surface area contributed by atoms with Crippen molar-refractivity contribution in [3.8, 4) is 0 Å². The predicted molar refractivity (Wildman–Crippen MR) is 110 cm³/mol. The van der Waals surface area contributed by atoms with E-state index in [4.69, 9.17) is 9.47 Å². The number of benzene rings is 2. The molecule has 0 aromatic heterocycles. The van der Waals surface area contributed by atoms with E-state index in [1.54, 1.807) is 48.5 Å². The average Bonchev–Trinajstić information content (AvgIpc) is 2.73. The Morgan fingerprint density at radius 1 is 0.667 bits per heavy atom. The highest BCUT2D eigenvalue weighted by atomic mass is 32.2. The molecular weight excluding hydrogens is 428 g/mol. The molecule has 0 amide bonds. The first-order chi connectivity index (χ1) is 14.2. The Balaban J connectivity index is 1.67. The average molecular weight is 453 g/mol. The number of sulfonamides is 2. The molecule has 2 aliphatic heterocycles. The molecule has 10 heteroatoms. The van der Waals surface area contributed by atoms with Crippen molar-refractivity contribution in [3.63, 3.8) is 0 Å². The van der Waals surface area contributed by atoms with Gasteiger partial charge in [0.1, 0.15) is 0 Å². The van der Waals surface area contributed by atoms with Crippen LogP contribution in [0.25, 0.3) is 0 Å². The third kappa shape index (κ3) is 3.79. The van der Waals surface area contributed by atoms with Crippen LogP contribution in [0, 0.1) is 13.8 Å². The second kappa shape index (κ2) is 8.03. The van der Waals surface area contributed by atoms with Crippen LogP contribution in [0.2, 0.25) is 0 Å². The fourth-order valence-electron chi connectivity index (χ4n) is 3.61. The molecule has 0 bridgehead atoms. The van der Waals surface area contributed by atoms with Gasteiger partial charge in [-0.1, -0.05) is 35.4 Å². The molecule has 30 heavy (non-hydrogen) atoms. The van der Waals surface area contributed by atoms with Gasteiger partial charge in [0.15, 0.2) is 12.5 Å². The predicted octanol–water partition coefficient (Wildman–Crippen LogP) is 1.70. The molecular formula is C20H24N2O6S2. The van der Waals surface area contributed by atoms with Gasteiger partial charge in [-0.15, -0.1) is 0 Å². The first kappa shape index (κ1) is 21.4. The maximum Gasteiger partial charge on any atom is 0.245 e. The summed E-state index contributed by atoms with van der Waals surface area (Å²) in [6.45, 7) is 4.04. The first-order valence-electron chi connectivity index (χ1n) is 9.61. The van der Waals surface area contributed by atoms with E-state index in [1.165, 1.54) is 8.61 Å². The van der Waals surface area contributed by atoms with Crippen molar-refractivity contribution in [2.75, 3.05) is 26.3 Å². The highest BCUT2D eigenvalue weighted by molar-refractivity contribution is 7.89. The van der Waals surface area contributed by atoms with Gasteiger partial charge >= 0.3 is 0 Å². The van der Waals surface area contributed by atoms with Crippen LogP contribution < -0.4 is 0 Å². The van der Waals surface area contributed by atoms with Gasteiger partial charge in [-0.3, -0.25) is 0 Å². The first-order valence-corrected chi connectivity index (χ1v) is 12.5. The van der Waals surface area contributed by atoms with Crippen LogP contribution in [-0.4, -0.2) is 64.2 Å². The molecule has 2 aromatic carbocycles. The van der Waals surface area contributed by atoms with Gasteiger partial charge in [0, 0.05) is 13.1 Å². The minimum Gasteiger partial charge on any atom is -0.355 e. The second-order valence-corrected chi connectivity index (χ2v) is 11.2. The summed E-state index contributed by atoms with van der Waals surface area (Å²) in [5.41, 5.74) is 1.89. The fraction of sp³-hybridized carbons (Fsp3) is 0.400. The topological polar surface area (TPSA) is 93.2 Å². The van der Waals surface area contributed by atoms with Crippen molar-refractivity contribution in [2.45, 2.75) is 36.1 Å². The summed E-state index contributed by atoms with van der Waals surface area (Å²) in [6, 6.07) is 13.1. The maximum atomic E-state index is 13.2. The lowest BCUT2D eigenvalue weighted by molar-refractivity contribution is -0.225. The Hall–Kier alpha value is -1.82. The molecule has 2 fully saturated rings. The van der Waals surface area contributed by atoms with E-state index in [2.05, 4.69) is 0 Å². The lowest BCUT2D eigenvalue weighted by Crippen LogP contribution is -2.65. The summed E-state index contributed by atoms with van der Waals surface area (Å²) in [5, 5.41) is 0. The van der Waals surface area contributed by atoms with Crippen LogP contribution >= 0.6 is 0 Å². The summed E-state index contributed by atoms with van der Waals surface area (Å²) in [7, 11) is -7.76. The zero-order valence-corrected chi connectivity index (χ0v) is 18.4. The van der Waals surface area contributed by atoms with Crippen molar-refractivity contribution in [1.29, 1.82) is 0 Å². The number of piperazine rings is 1. The molecule has 0 N–H and O–H groups in total. The minimum absolute atomic E-state index is 0.0359. The van der Waals surface area contributed by atoms with E-state index < -0.39 is 32.5 Å². The molecule has 0 aliphatic carbocycles. The third-order valence-electron chi connectivity index (χ3n) is 5.27. The van der Waals surface area contributed by atoms with Gasteiger partial charge in [-0.2, -0.15) is 8.61 Å². The molecule has 8 nitrogen and oxygen atoms in total. The molecule has 2 aromatic rings. The lowest BCUT2D eigenvalue weighted by Gasteiger charge is -2.46. The number of aryl methyl sites for hydroxylation is 2. The molecule has 2 aliphatic rings. The molecule has 2 atom stereocenters. The van der Waals surface area contributed by atoms with Gasteiger partial charge in [0.2, 0.25) is 20.0 Å². The van der Waals surface area contributed by atoms with E-state index in [-0.39, 0.29) is 36.1 Å². The Morgan fingerprint density at radius 3 is 1.33 bits per heavy atom. The number of nitrogens with zero attached hydrogens (tertiary/aromatic N) is 2. The van der Waals surface area contributed by atoms with Crippen LogP contribution in [-0.2, 0) is 29.5 Å². The summed E-state index contributed by atoms with van der Waals surface area (Å²) in [4.78, 5) is 0.270. The van der Waals surface area contributed by atoms with Crippen molar-refractivity contribution in [1.82, 2.24) is 8.61 Å². The standard InChI is InChI=1S/C20H24N2O6S2/c1-15-3-7-17(8-4-15)29(23,24)21-11-12-22(20-19(21)27-13-14-28-20)30(25,26)18-9-5-16(2)6-10-18/h3-10,19-20H,11-14H2,1-2H3/t19-,20-/m1/s1. The fourth-order valence-corrected chi connectivity index (χ4v) is 6.63. The molecule has 2 saturated heterocycles. The van der Waals surface area contributed by atoms with E-state index in [0.29, 0.717) is 0 Å². The summed E-state index contributed by atoms with van der Waals surface area (Å²) >= 11 is 0. The van der Waals surface area contributed by atoms with Gasteiger partial charge < -0.3 is 9.47 Å². The highest BCUT2D eigenvalue weighted by Gasteiger charge is 2.49. The van der Waals surface area contributed by atoms with Crippen LogP contribution in [0.4, 0.5) is 0 Å². The van der Waals surface area contributed by atoms with Crippen molar-refractivity contribution in [3.05, 3.63) is 59.7 Å². The van der Waals surface area contributed by atoms with Crippen molar-refractivity contribution in [2.24, 2.45) is 0 Å². The van der Waals surface area contributed by atoms with Crippen LogP contribution in [0.3, 0.4) is 0 Å². The normalized spacial score (nSPS) is 23.8. The van der Waals surface area contributed by atoms with Gasteiger partial charge in [0.05, 0.1) is 23.0 Å². The molecule has 4 rings (SSSR count). The summed E-state index contributed by atoms with van der Waals surface area (Å²) in [5.74, 6) is 0. The number of ether oxygens (including phenoxy) is 2. The number of fused-ring (bicyclic) bond motifs is 1. The Kier molecular flexibility index (Phi) is 5.73. The number of rotatable bonds is 4. The van der Waals surface area contributed by atoms with Crippen LogP contribution in [0.5, 0.6) is 0 Å². The van der Waals surface area contributed by atoms with Gasteiger partial charge in [-0.05, 0) is 38.1 Å².